The molecule has 1 aromatic rings. The van der Waals surface area contributed by atoms with Crippen LogP contribution in [0.1, 0.15) is 38.2 Å². The van der Waals surface area contributed by atoms with Gasteiger partial charge in [0.2, 0.25) is 5.91 Å². The Balaban J connectivity index is 2.37. The summed E-state index contributed by atoms with van der Waals surface area (Å²) in [6.07, 6.45) is 7.85. The van der Waals surface area contributed by atoms with Crippen LogP contribution in [0.3, 0.4) is 0 Å². The van der Waals surface area contributed by atoms with Gasteiger partial charge in [-0.25, -0.2) is 9.59 Å². The van der Waals surface area contributed by atoms with Gasteiger partial charge >= 0.3 is 12.1 Å². The average Bonchev–Trinajstić information content (AvgIpc) is 2.78. The summed E-state index contributed by atoms with van der Waals surface area (Å²) in [5.74, 6) is -1.50. The minimum Gasteiger partial charge on any atom is -0.480 e. The molecule has 0 saturated carbocycles. The van der Waals surface area contributed by atoms with Gasteiger partial charge in [0.1, 0.15) is 12.6 Å². The van der Waals surface area contributed by atoms with E-state index in [-0.39, 0.29) is 26.0 Å². The molecule has 0 aliphatic rings. The van der Waals surface area contributed by atoms with E-state index in [9.17, 15) is 19.5 Å². The molecule has 0 aromatic heterocycles. The highest BCUT2D eigenvalue weighted by atomic mass is 16.5. The van der Waals surface area contributed by atoms with E-state index in [1.165, 1.54) is 0 Å². The average molecular weight is 444 g/mol. The van der Waals surface area contributed by atoms with Crippen molar-refractivity contribution in [1.29, 1.82) is 0 Å². The van der Waals surface area contributed by atoms with E-state index in [0.717, 1.165) is 11.1 Å². The fraction of sp³-hybridized carbons (Fsp3) is 0.375. The standard InChI is InChI=1S/C24H33N3O5/c1-3-5-14-25-17-20(10-4-2)16-21(23(29)30)27-22(28)13-9-15-26-24(31)32-18-19-11-7-6-8-12-19/h3-8,11-12,17,21,25H,2,9-10,13-16,18H2,1H3,(H,26,31)(H,27,28)(H,29,30)/b5-3-,20-17+. The van der Waals surface area contributed by atoms with Crippen LogP contribution in [-0.2, 0) is 20.9 Å². The van der Waals surface area contributed by atoms with Crippen LogP contribution < -0.4 is 16.0 Å². The molecular weight excluding hydrogens is 410 g/mol. The van der Waals surface area contributed by atoms with Gasteiger partial charge in [-0.2, -0.15) is 0 Å². The fourth-order valence-corrected chi connectivity index (χ4v) is 2.72. The van der Waals surface area contributed by atoms with Crippen molar-refractivity contribution in [2.24, 2.45) is 0 Å². The molecule has 32 heavy (non-hydrogen) atoms. The number of carbonyl (C=O) groups excluding carboxylic acids is 2. The van der Waals surface area contributed by atoms with E-state index < -0.39 is 24.0 Å². The highest BCUT2D eigenvalue weighted by Crippen LogP contribution is 2.11. The number of nitrogens with one attached hydrogen (secondary N) is 3. The molecule has 0 bridgehead atoms. The predicted octanol–water partition coefficient (Wildman–Crippen LogP) is 3.28. The lowest BCUT2D eigenvalue weighted by molar-refractivity contribution is -0.141. The SMILES string of the molecule is C=CC/C(=C\NC/C=C\C)CC(NC(=O)CCCNC(=O)OCc1ccccc1)C(=O)O. The molecule has 0 spiro atoms. The van der Waals surface area contributed by atoms with Gasteiger partial charge in [-0.15, -0.1) is 6.58 Å². The third-order valence-electron chi connectivity index (χ3n) is 4.35. The second-order valence-corrected chi connectivity index (χ2v) is 7.03. The first kappa shape index (κ1) is 26.5. The normalized spacial score (nSPS) is 12.1. The third kappa shape index (κ3) is 12.2. The highest BCUT2D eigenvalue weighted by Gasteiger charge is 2.21. The van der Waals surface area contributed by atoms with Gasteiger partial charge in [-0.1, -0.05) is 48.6 Å². The summed E-state index contributed by atoms with van der Waals surface area (Å²) >= 11 is 0. The van der Waals surface area contributed by atoms with Gasteiger partial charge in [0.05, 0.1) is 0 Å². The fourth-order valence-electron chi connectivity index (χ4n) is 2.72. The molecular formula is C24H33N3O5. The monoisotopic (exact) mass is 443 g/mol. The van der Waals surface area contributed by atoms with Crippen LogP contribution in [0.15, 0.2) is 66.9 Å². The van der Waals surface area contributed by atoms with Crippen molar-refractivity contribution < 1.29 is 24.2 Å². The zero-order chi connectivity index (χ0) is 23.6. The molecule has 1 unspecified atom stereocenters. The van der Waals surface area contributed by atoms with Crippen molar-refractivity contribution in [2.45, 2.75) is 45.3 Å². The van der Waals surface area contributed by atoms with Crippen molar-refractivity contribution in [2.75, 3.05) is 13.1 Å². The lowest BCUT2D eigenvalue weighted by atomic mass is 10.0. The maximum absolute atomic E-state index is 12.2. The number of aliphatic carboxylic acids is 1. The molecule has 1 rings (SSSR count). The Morgan fingerprint density at radius 3 is 2.62 bits per heavy atom. The molecule has 2 amide bonds. The Morgan fingerprint density at radius 2 is 1.97 bits per heavy atom. The molecule has 4 N–H and O–H groups in total. The van der Waals surface area contributed by atoms with Crippen molar-refractivity contribution >= 4 is 18.0 Å². The summed E-state index contributed by atoms with van der Waals surface area (Å²) < 4.78 is 5.09. The Kier molecular flexibility index (Phi) is 13.4. The third-order valence-corrected chi connectivity index (χ3v) is 4.35. The predicted molar refractivity (Wildman–Crippen MR) is 124 cm³/mol. The Bertz CT molecular complexity index is 790. The van der Waals surface area contributed by atoms with Gasteiger partial charge in [-0.3, -0.25) is 4.79 Å². The highest BCUT2D eigenvalue weighted by molar-refractivity contribution is 5.83. The Hall–Kier alpha value is -3.55. The number of hydrogen-bond donors (Lipinski definition) is 4. The van der Waals surface area contributed by atoms with Gasteiger partial charge < -0.3 is 25.8 Å². The first-order valence-corrected chi connectivity index (χ1v) is 10.6. The van der Waals surface area contributed by atoms with Crippen LogP contribution >= 0.6 is 0 Å². The van der Waals surface area contributed by atoms with Crippen LogP contribution in [0, 0.1) is 0 Å². The summed E-state index contributed by atoms with van der Waals surface area (Å²) in [5.41, 5.74) is 1.70. The maximum atomic E-state index is 12.2. The second-order valence-electron chi connectivity index (χ2n) is 7.03. The van der Waals surface area contributed by atoms with E-state index in [2.05, 4.69) is 22.5 Å². The molecule has 1 atom stereocenters. The molecule has 0 aliphatic heterocycles. The zero-order valence-corrected chi connectivity index (χ0v) is 18.5. The summed E-state index contributed by atoms with van der Waals surface area (Å²) in [5, 5.41) is 17.7. The summed E-state index contributed by atoms with van der Waals surface area (Å²) in [6, 6.07) is 8.25. The second kappa shape index (κ2) is 16.2. The van der Waals surface area contributed by atoms with Crippen LogP contribution in [0.2, 0.25) is 0 Å². The van der Waals surface area contributed by atoms with Gasteiger partial charge in [0.25, 0.3) is 0 Å². The van der Waals surface area contributed by atoms with Crippen LogP contribution in [-0.4, -0.2) is 42.2 Å². The summed E-state index contributed by atoms with van der Waals surface area (Å²) in [4.78, 5) is 35.5. The van der Waals surface area contributed by atoms with E-state index in [1.54, 1.807) is 12.3 Å². The van der Waals surface area contributed by atoms with E-state index in [0.29, 0.717) is 19.4 Å². The number of carboxylic acid groups (broad SMARTS) is 1. The van der Waals surface area contributed by atoms with Gasteiger partial charge in [0, 0.05) is 25.9 Å². The summed E-state index contributed by atoms with van der Waals surface area (Å²) in [7, 11) is 0. The minimum absolute atomic E-state index is 0.0861. The van der Waals surface area contributed by atoms with Crippen molar-refractivity contribution in [3.05, 3.63) is 72.5 Å². The van der Waals surface area contributed by atoms with Crippen LogP contribution in [0.4, 0.5) is 4.79 Å². The quantitative estimate of drug-likeness (QED) is 0.244. The number of carboxylic acids is 1. The molecule has 0 fully saturated rings. The molecule has 8 nitrogen and oxygen atoms in total. The topological polar surface area (TPSA) is 117 Å². The number of alkyl carbamates (subject to hydrolysis) is 1. The molecule has 1 aromatic carbocycles. The van der Waals surface area contributed by atoms with Gasteiger partial charge in [0.15, 0.2) is 0 Å². The van der Waals surface area contributed by atoms with Crippen molar-refractivity contribution in [1.82, 2.24) is 16.0 Å². The number of benzene rings is 1. The largest absolute Gasteiger partial charge is 0.480 e. The first-order chi connectivity index (χ1) is 15.5. The number of allylic oxidation sites excluding steroid dienone is 2. The summed E-state index contributed by atoms with van der Waals surface area (Å²) in [6.45, 7) is 6.64. The molecule has 0 saturated heterocycles. The number of ether oxygens (including phenoxy) is 1. The molecule has 8 heteroatoms. The van der Waals surface area contributed by atoms with Crippen molar-refractivity contribution in [3.8, 4) is 0 Å². The zero-order valence-electron chi connectivity index (χ0n) is 18.5. The maximum Gasteiger partial charge on any atom is 0.407 e. The van der Waals surface area contributed by atoms with E-state index in [4.69, 9.17) is 4.74 Å². The van der Waals surface area contributed by atoms with Crippen molar-refractivity contribution in [3.63, 3.8) is 0 Å². The Morgan fingerprint density at radius 1 is 1.22 bits per heavy atom. The Labute approximate surface area is 189 Å². The smallest absolute Gasteiger partial charge is 0.407 e. The van der Waals surface area contributed by atoms with Crippen LogP contribution in [0.25, 0.3) is 0 Å². The van der Waals surface area contributed by atoms with E-state index in [1.807, 2.05) is 49.4 Å². The number of rotatable bonds is 15. The van der Waals surface area contributed by atoms with Gasteiger partial charge in [-0.05, 0) is 37.1 Å². The number of hydrogen-bond acceptors (Lipinski definition) is 5. The number of amides is 2. The lowest BCUT2D eigenvalue weighted by Crippen LogP contribution is -2.41. The molecule has 0 aliphatic carbocycles. The number of carbonyl (C=O) groups is 3. The lowest BCUT2D eigenvalue weighted by Gasteiger charge is -2.16. The van der Waals surface area contributed by atoms with E-state index >= 15 is 0 Å². The van der Waals surface area contributed by atoms with Crippen LogP contribution in [0.5, 0.6) is 0 Å². The minimum atomic E-state index is -1.11. The molecule has 174 valence electrons. The molecule has 0 radical (unpaired) electrons. The first-order valence-electron chi connectivity index (χ1n) is 10.6. The molecule has 0 heterocycles.